The van der Waals surface area contributed by atoms with Gasteiger partial charge < -0.3 is 4.90 Å². The number of anilines is 1. The zero-order valence-electron chi connectivity index (χ0n) is 7.86. The molecule has 76 valence electrons. The first-order valence-corrected chi connectivity index (χ1v) is 6.76. The van der Waals surface area contributed by atoms with Gasteiger partial charge >= 0.3 is 19.8 Å². The van der Waals surface area contributed by atoms with E-state index in [-0.39, 0.29) is 9.48 Å². The van der Waals surface area contributed by atoms with Crippen LogP contribution in [0.3, 0.4) is 0 Å². The van der Waals surface area contributed by atoms with E-state index in [9.17, 15) is 10.9 Å². The van der Waals surface area contributed by atoms with Gasteiger partial charge in [0, 0.05) is 14.0 Å². The lowest BCUT2D eigenvalue weighted by atomic mass is 10.3. The SMILES string of the molecule is CC(=O)N(C)c1ccccc1I(=O)=O. The fourth-order valence-corrected chi connectivity index (χ4v) is 2.52. The summed E-state index contributed by atoms with van der Waals surface area (Å²) in [5.74, 6) is -0.185. The van der Waals surface area contributed by atoms with Crippen molar-refractivity contribution in [3.63, 3.8) is 0 Å². The van der Waals surface area contributed by atoms with E-state index in [1.165, 1.54) is 17.9 Å². The maximum absolute atomic E-state index is 11.1. The van der Waals surface area contributed by atoms with E-state index in [1.807, 2.05) is 0 Å². The number of amides is 1. The van der Waals surface area contributed by atoms with Gasteiger partial charge in [0.15, 0.2) is 0 Å². The first kappa shape index (κ1) is 11.1. The average molecular weight is 307 g/mol. The van der Waals surface area contributed by atoms with Gasteiger partial charge in [0.05, 0.1) is 5.69 Å². The van der Waals surface area contributed by atoms with Gasteiger partial charge in [0.25, 0.3) is 0 Å². The minimum absolute atomic E-state index is 0.185. The molecule has 0 unspecified atom stereocenters. The van der Waals surface area contributed by atoms with Crippen molar-refractivity contribution in [2.24, 2.45) is 0 Å². The highest BCUT2D eigenvalue weighted by molar-refractivity contribution is 14.2. The largest absolute Gasteiger partial charge is 0.342 e. The lowest BCUT2D eigenvalue weighted by Gasteiger charge is -2.15. The molecular weight excluding hydrogens is 297 g/mol. The van der Waals surface area contributed by atoms with E-state index in [0.717, 1.165) is 0 Å². The maximum atomic E-state index is 11.1. The molecule has 1 aromatic rings. The number of nitrogens with zero attached hydrogens (tertiary/aromatic N) is 1. The number of halogens is 1. The second-order valence-corrected chi connectivity index (χ2v) is 5.15. The van der Waals surface area contributed by atoms with Crippen LogP contribution in [0.15, 0.2) is 24.3 Å². The van der Waals surface area contributed by atoms with E-state index in [0.29, 0.717) is 5.69 Å². The van der Waals surface area contributed by atoms with Crippen molar-refractivity contribution in [1.29, 1.82) is 0 Å². The van der Waals surface area contributed by atoms with E-state index >= 15 is 0 Å². The summed E-state index contributed by atoms with van der Waals surface area (Å²) in [6.45, 7) is 1.39. The third-order valence-corrected chi connectivity index (χ3v) is 3.71. The van der Waals surface area contributed by atoms with Crippen LogP contribution in [-0.2, 0) is 10.9 Å². The molecule has 0 saturated carbocycles. The molecule has 0 aliphatic rings. The number of rotatable bonds is 2. The normalized spacial score (nSPS) is 10.2. The van der Waals surface area contributed by atoms with Crippen molar-refractivity contribution in [3.8, 4) is 0 Å². The predicted molar refractivity (Wildman–Crippen MR) is 59.6 cm³/mol. The highest BCUT2D eigenvalue weighted by atomic mass is 127. The Hall–Kier alpha value is -0.980. The molecule has 1 rings (SSSR count). The summed E-state index contributed by atoms with van der Waals surface area (Å²) in [4.78, 5) is 12.4. The molecule has 0 atom stereocenters. The molecular formula is C9H10INO3. The van der Waals surface area contributed by atoms with Gasteiger partial charge in [0.2, 0.25) is 5.91 Å². The molecule has 0 saturated heterocycles. The van der Waals surface area contributed by atoms with Gasteiger partial charge in [-0.25, -0.2) is 6.14 Å². The lowest BCUT2D eigenvalue weighted by molar-refractivity contribution is -0.116. The molecule has 0 spiro atoms. The van der Waals surface area contributed by atoms with E-state index in [4.69, 9.17) is 0 Å². The summed E-state index contributed by atoms with van der Waals surface area (Å²) in [6.07, 6.45) is 0. The van der Waals surface area contributed by atoms with Crippen LogP contribution >= 0.6 is 19.8 Å². The molecule has 1 aromatic carbocycles. The number of benzene rings is 1. The van der Waals surface area contributed by atoms with Gasteiger partial charge in [-0.3, -0.25) is 4.79 Å². The molecule has 0 bridgehead atoms. The fraction of sp³-hybridized carbons (Fsp3) is 0.222. The molecule has 0 N–H and O–H groups in total. The fourth-order valence-electron chi connectivity index (χ4n) is 1.02. The van der Waals surface area contributed by atoms with Gasteiger partial charge in [-0.2, -0.15) is 0 Å². The molecule has 4 nitrogen and oxygen atoms in total. The molecule has 1 amide bonds. The quantitative estimate of drug-likeness (QED) is 0.786. The standard InChI is InChI=1S/C9H10INO3/c1-7(12)11(2)9-6-4-3-5-8(9)10(13)14/h3-6H,1-2H3. The second-order valence-electron chi connectivity index (χ2n) is 2.75. The van der Waals surface area contributed by atoms with Gasteiger partial charge in [-0.15, -0.1) is 0 Å². The van der Waals surface area contributed by atoms with E-state index in [2.05, 4.69) is 0 Å². The van der Waals surface area contributed by atoms with Crippen LogP contribution in [0.2, 0.25) is 0 Å². The van der Waals surface area contributed by atoms with Crippen LogP contribution in [0.1, 0.15) is 6.92 Å². The molecule has 14 heavy (non-hydrogen) atoms. The minimum atomic E-state index is -3.53. The van der Waals surface area contributed by atoms with E-state index < -0.39 is 19.8 Å². The van der Waals surface area contributed by atoms with Gasteiger partial charge in [-0.05, 0) is 12.1 Å². The topological polar surface area (TPSA) is 54.5 Å². The molecule has 0 fully saturated rings. The van der Waals surface area contributed by atoms with Crippen molar-refractivity contribution < 1.29 is 10.9 Å². The van der Waals surface area contributed by atoms with Crippen LogP contribution in [0, 0.1) is 3.57 Å². The predicted octanol–water partition coefficient (Wildman–Crippen LogP) is 2.04. The smallest absolute Gasteiger partial charge is 0.314 e. The Balaban J connectivity index is 3.26. The molecule has 0 aliphatic heterocycles. The molecule has 0 aromatic heterocycles. The summed E-state index contributed by atoms with van der Waals surface area (Å²) in [5.41, 5.74) is 0.454. The van der Waals surface area contributed by atoms with Crippen LogP contribution < -0.4 is 4.90 Å². The number of para-hydroxylation sites is 1. The summed E-state index contributed by atoms with van der Waals surface area (Å²) < 4.78 is 22.1. The minimum Gasteiger partial charge on any atom is -0.314 e. The summed E-state index contributed by atoms with van der Waals surface area (Å²) in [6, 6.07) is 6.49. The molecule has 5 heteroatoms. The van der Waals surface area contributed by atoms with E-state index in [1.54, 1.807) is 25.2 Å². The van der Waals surface area contributed by atoms with Gasteiger partial charge in [0.1, 0.15) is 3.57 Å². The lowest BCUT2D eigenvalue weighted by Crippen LogP contribution is -2.23. The Labute approximate surface area is 89.1 Å². The summed E-state index contributed by atoms with van der Waals surface area (Å²) >= 11 is -3.53. The zero-order chi connectivity index (χ0) is 10.7. The summed E-state index contributed by atoms with van der Waals surface area (Å²) in [7, 11) is 1.56. The first-order chi connectivity index (χ1) is 6.54. The van der Waals surface area contributed by atoms with Gasteiger partial charge in [-0.1, -0.05) is 12.1 Å². The monoisotopic (exact) mass is 307 g/mol. The van der Waals surface area contributed by atoms with Crippen molar-refractivity contribution in [2.75, 3.05) is 11.9 Å². The van der Waals surface area contributed by atoms with Crippen molar-refractivity contribution >= 4 is 31.4 Å². The number of carbonyl (C=O) groups is 1. The Morgan fingerprint density at radius 1 is 1.29 bits per heavy atom. The Bertz CT molecular complexity index is 418. The zero-order valence-corrected chi connectivity index (χ0v) is 10.0. The average Bonchev–Trinajstić information content (AvgIpc) is 2.16. The second kappa shape index (κ2) is 4.50. The summed E-state index contributed by atoms with van der Waals surface area (Å²) in [5, 5.41) is 0. The van der Waals surface area contributed by atoms with Crippen molar-refractivity contribution in [3.05, 3.63) is 27.8 Å². The van der Waals surface area contributed by atoms with Crippen molar-refractivity contribution in [2.45, 2.75) is 6.92 Å². The molecule has 0 radical (unpaired) electrons. The third-order valence-electron chi connectivity index (χ3n) is 1.85. The number of hydrogen-bond acceptors (Lipinski definition) is 3. The molecule has 0 heterocycles. The van der Waals surface area contributed by atoms with Crippen LogP contribution in [0.25, 0.3) is 0 Å². The molecule has 0 aliphatic carbocycles. The number of carbonyl (C=O) groups excluding carboxylic acids is 1. The third kappa shape index (κ3) is 2.28. The number of hydrogen-bond donors (Lipinski definition) is 0. The maximum Gasteiger partial charge on any atom is 0.342 e. The highest BCUT2D eigenvalue weighted by Gasteiger charge is 2.12. The van der Waals surface area contributed by atoms with Crippen LogP contribution in [0.4, 0.5) is 5.69 Å². The van der Waals surface area contributed by atoms with Crippen LogP contribution in [-0.4, -0.2) is 13.0 Å². The first-order valence-electron chi connectivity index (χ1n) is 3.92. The highest BCUT2D eigenvalue weighted by Crippen LogP contribution is 2.27. The Kier molecular flexibility index (Phi) is 3.56. The Morgan fingerprint density at radius 3 is 2.36 bits per heavy atom. The van der Waals surface area contributed by atoms with Crippen LogP contribution in [0.5, 0.6) is 0 Å². The van der Waals surface area contributed by atoms with Crippen molar-refractivity contribution in [1.82, 2.24) is 0 Å². The Morgan fingerprint density at radius 2 is 1.86 bits per heavy atom.